The number of aromatic nitrogens is 4. The number of halogens is 1. The van der Waals surface area contributed by atoms with Gasteiger partial charge in [0.1, 0.15) is 0 Å². The van der Waals surface area contributed by atoms with Crippen LogP contribution in [0, 0.1) is 6.92 Å². The molecule has 3 aromatic heterocycles. The first-order chi connectivity index (χ1) is 12.2. The second-order valence-corrected chi connectivity index (χ2v) is 8.11. The third kappa shape index (κ3) is 4.12. The number of carbonyl (C=O) groups excluding carboxylic acids is 1. The van der Waals surface area contributed by atoms with E-state index in [1.807, 2.05) is 11.4 Å². The van der Waals surface area contributed by atoms with E-state index in [1.54, 1.807) is 22.2 Å². The molecule has 0 bridgehead atoms. The highest BCUT2D eigenvalue weighted by Crippen LogP contribution is 2.30. The highest BCUT2D eigenvalue weighted by molar-refractivity contribution is 7.17. The standard InChI is InChI=1S/C16H18N6OS2.ClH/c1-10-2-3-14(25-10)13-9-24-16(18-13)19-15(23)12-8-22(21-20-12)11-4-6-17-7-5-11;/h2-3,8-9,11,17H,4-7H2,1H3,(H,18,19,23);1H. The van der Waals surface area contributed by atoms with Crippen LogP contribution in [-0.2, 0) is 0 Å². The molecule has 0 atom stereocenters. The quantitative estimate of drug-likeness (QED) is 0.688. The van der Waals surface area contributed by atoms with Crippen LogP contribution >= 0.6 is 35.1 Å². The van der Waals surface area contributed by atoms with E-state index in [9.17, 15) is 4.79 Å². The normalized spacial score (nSPS) is 14.8. The van der Waals surface area contributed by atoms with E-state index in [0.29, 0.717) is 16.9 Å². The van der Waals surface area contributed by atoms with E-state index in [0.717, 1.165) is 36.5 Å². The van der Waals surface area contributed by atoms with Crippen molar-refractivity contribution in [2.75, 3.05) is 18.4 Å². The number of nitrogens with zero attached hydrogens (tertiary/aromatic N) is 4. The monoisotopic (exact) mass is 410 g/mol. The predicted molar refractivity (Wildman–Crippen MR) is 107 cm³/mol. The molecule has 7 nitrogen and oxygen atoms in total. The van der Waals surface area contributed by atoms with Crippen molar-refractivity contribution in [2.24, 2.45) is 0 Å². The average molecular weight is 411 g/mol. The van der Waals surface area contributed by atoms with E-state index in [-0.39, 0.29) is 18.3 Å². The molecule has 0 unspecified atom stereocenters. The minimum absolute atomic E-state index is 0. The molecule has 1 fully saturated rings. The first kappa shape index (κ1) is 19.0. The molecule has 0 aliphatic carbocycles. The van der Waals surface area contributed by atoms with Gasteiger partial charge in [-0.2, -0.15) is 0 Å². The molecule has 1 saturated heterocycles. The summed E-state index contributed by atoms with van der Waals surface area (Å²) in [6, 6.07) is 4.42. The topological polar surface area (TPSA) is 84.7 Å². The summed E-state index contributed by atoms with van der Waals surface area (Å²) in [5, 5.41) is 16.8. The van der Waals surface area contributed by atoms with Crippen LogP contribution in [0.15, 0.2) is 23.7 Å². The number of carbonyl (C=O) groups is 1. The first-order valence-electron chi connectivity index (χ1n) is 8.15. The number of anilines is 1. The molecule has 26 heavy (non-hydrogen) atoms. The molecule has 3 aromatic rings. The van der Waals surface area contributed by atoms with E-state index in [4.69, 9.17) is 0 Å². The van der Waals surface area contributed by atoms with Gasteiger partial charge in [-0.3, -0.25) is 10.1 Å². The maximum atomic E-state index is 12.4. The third-order valence-electron chi connectivity index (χ3n) is 4.14. The van der Waals surface area contributed by atoms with Crippen molar-refractivity contribution in [2.45, 2.75) is 25.8 Å². The van der Waals surface area contributed by atoms with Crippen molar-refractivity contribution < 1.29 is 4.79 Å². The molecule has 1 aliphatic heterocycles. The lowest BCUT2D eigenvalue weighted by Gasteiger charge is -2.21. The number of hydrogen-bond donors (Lipinski definition) is 2. The van der Waals surface area contributed by atoms with Gasteiger partial charge in [0.25, 0.3) is 5.91 Å². The smallest absolute Gasteiger partial charge is 0.279 e. The molecule has 0 spiro atoms. The minimum Gasteiger partial charge on any atom is -0.317 e. The third-order valence-corrected chi connectivity index (χ3v) is 5.92. The maximum absolute atomic E-state index is 12.4. The van der Waals surface area contributed by atoms with Crippen LogP contribution in [0.5, 0.6) is 0 Å². The Morgan fingerprint density at radius 1 is 1.35 bits per heavy atom. The predicted octanol–water partition coefficient (Wildman–Crippen LogP) is 3.37. The minimum atomic E-state index is -0.275. The molecule has 1 amide bonds. The van der Waals surface area contributed by atoms with Crippen molar-refractivity contribution in [3.8, 4) is 10.6 Å². The summed E-state index contributed by atoms with van der Waals surface area (Å²) in [5.41, 5.74) is 1.21. The van der Waals surface area contributed by atoms with Crippen molar-refractivity contribution >= 4 is 46.1 Å². The number of rotatable bonds is 4. The van der Waals surface area contributed by atoms with Gasteiger partial charge in [-0.05, 0) is 45.0 Å². The first-order valence-corrected chi connectivity index (χ1v) is 9.85. The number of nitrogens with one attached hydrogen (secondary N) is 2. The Hall–Kier alpha value is -1.81. The molecule has 4 rings (SSSR count). The van der Waals surface area contributed by atoms with Gasteiger partial charge in [0, 0.05) is 10.3 Å². The van der Waals surface area contributed by atoms with Gasteiger partial charge >= 0.3 is 0 Å². The summed E-state index contributed by atoms with van der Waals surface area (Å²) in [4.78, 5) is 19.2. The molecule has 10 heteroatoms. The van der Waals surface area contributed by atoms with Crippen LogP contribution in [0.4, 0.5) is 5.13 Å². The summed E-state index contributed by atoms with van der Waals surface area (Å²) >= 11 is 3.10. The molecular formula is C16H19ClN6OS2. The van der Waals surface area contributed by atoms with Crippen molar-refractivity contribution in [3.63, 3.8) is 0 Å². The van der Waals surface area contributed by atoms with Gasteiger partial charge in [0.05, 0.1) is 22.8 Å². The Labute approximate surface area is 165 Å². The Balaban J connectivity index is 0.00000196. The number of amides is 1. The fraction of sp³-hybridized carbons (Fsp3) is 0.375. The molecule has 138 valence electrons. The van der Waals surface area contributed by atoms with Crippen LogP contribution in [0.1, 0.15) is 34.2 Å². The number of hydrogen-bond acceptors (Lipinski definition) is 7. The van der Waals surface area contributed by atoms with Crippen molar-refractivity contribution in [3.05, 3.63) is 34.3 Å². The van der Waals surface area contributed by atoms with E-state index < -0.39 is 0 Å². The van der Waals surface area contributed by atoms with Crippen LogP contribution in [0.2, 0.25) is 0 Å². The second kappa shape index (κ2) is 8.26. The molecule has 1 aliphatic rings. The van der Waals surface area contributed by atoms with E-state index >= 15 is 0 Å². The van der Waals surface area contributed by atoms with Crippen molar-refractivity contribution in [1.82, 2.24) is 25.3 Å². The van der Waals surface area contributed by atoms with E-state index in [1.165, 1.54) is 16.2 Å². The zero-order valence-electron chi connectivity index (χ0n) is 14.1. The molecule has 2 N–H and O–H groups in total. The summed E-state index contributed by atoms with van der Waals surface area (Å²) in [7, 11) is 0. The van der Waals surface area contributed by atoms with Crippen molar-refractivity contribution in [1.29, 1.82) is 0 Å². The molecule has 4 heterocycles. The average Bonchev–Trinajstić information content (AvgIpc) is 3.35. The highest BCUT2D eigenvalue weighted by atomic mass is 35.5. The number of thiazole rings is 1. The lowest BCUT2D eigenvalue weighted by molar-refractivity contribution is 0.102. The fourth-order valence-electron chi connectivity index (χ4n) is 2.81. The summed E-state index contributed by atoms with van der Waals surface area (Å²) < 4.78 is 1.80. The molecule has 0 radical (unpaired) electrons. The molecule has 0 aromatic carbocycles. The van der Waals surface area contributed by atoms with Gasteiger partial charge < -0.3 is 5.32 Å². The van der Waals surface area contributed by atoms with Gasteiger partial charge in [0.2, 0.25) is 0 Å². The largest absolute Gasteiger partial charge is 0.317 e. The number of piperidine rings is 1. The summed E-state index contributed by atoms with van der Waals surface area (Å²) in [5.74, 6) is -0.275. The Bertz CT molecular complexity index is 883. The van der Waals surface area contributed by atoms with Gasteiger partial charge in [0.15, 0.2) is 10.8 Å². The van der Waals surface area contributed by atoms with Gasteiger partial charge in [-0.1, -0.05) is 5.21 Å². The summed E-state index contributed by atoms with van der Waals surface area (Å²) in [6.45, 7) is 4.00. The second-order valence-electron chi connectivity index (χ2n) is 5.97. The van der Waals surface area contributed by atoms with Crippen LogP contribution < -0.4 is 10.6 Å². The van der Waals surface area contributed by atoms with E-state index in [2.05, 4.69) is 38.9 Å². The molecular weight excluding hydrogens is 392 g/mol. The highest BCUT2D eigenvalue weighted by Gasteiger charge is 2.19. The van der Waals surface area contributed by atoms with Gasteiger partial charge in [-0.15, -0.1) is 40.2 Å². The zero-order chi connectivity index (χ0) is 17.2. The molecule has 0 saturated carbocycles. The van der Waals surface area contributed by atoms with Crippen LogP contribution in [-0.4, -0.2) is 39.0 Å². The fourth-order valence-corrected chi connectivity index (χ4v) is 4.42. The number of thiophene rings is 1. The van der Waals surface area contributed by atoms with Crippen LogP contribution in [0.3, 0.4) is 0 Å². The number of aryl methyl sites for hydroxylation is 1. The SMILES string of the molecule is Cc1ccc(-c2csc(NC(=O)c3cn(C4CCNCC4)nn3)n2)s1.Cl. The zero-order valence-corrected chi connectivity index (χ0v) is 16.6. The Morgan fingerprint density at radius 2 is 2.15 bits per heavy atom. The lowest BCUT2D eigenvalue weighted by Crippen LogP contribution is -2.29. The Kier molecular flexibility index (Phi) is 6.02. The van der Waals surface area contributed by atoms with Crippen LogP contribution in [0.25, 0.3) is 10.6 Å². The van der Waals surface area contributed by atoms with Gasteiger partial charge in [-0.25, -0.2) is 9.67 Å². The summed E-state index contributed by atoms with van der Waals surface area (Å²) in [6.07, 6.45) is 3.73. The maximum Gasteiger partial charge on any atom is 0.279 e. The Morgan fingerprint density at radius 3 is 2.88 bits per heavy atom. The lowest BCUT2D eigenvalue weighted by atomic mass is 10.1.